The average Bonchev–Trinajstić information content (AvgIpc) is 2.42. The summed E-state index contributed by atoms with van der Waals surface area (Å²) in [5, 5.41) is 3.27. The van der Waals surface area contributed by atoms with Gasteiger partial charge in [0.05, 0.1) is 4.90 Å². The van der Waals surface area contributed by atoms with E-state index in [1.54, 1.807) is 16.4 Å². The Morgan fingerprint density at radius 1 is 1.25 bits per heavy atom. The molecule has 1 aromatic rings. The van der Waals surface area contributed by atoms with Crippen LogP contribution in [0.1, 0.15) is 19.8 Å². The molecule has 0 aromatic heterocycles. The fraction of sp³-hybridized carbons (Fsp3) is 0.538. The van der Waals surface area contributed by atoms with E-state index in [1.807, 2.05) is 13.1 Å². The lowest BCUT2D eigenvalue weighted by atomic mass is 9.91. The van der Waals surface area contributed by atoms with Gasteiger partial charge in [-0.2, -0.15) is 4.31 Å². The van der Waals surface area contributed by atoms with Crippen molar-refractivity contribution in [1.82, 2.24) is 9.62 Å². The second kappa shape index (κ2) is 6.04. The average molecular weight is 426 g/mol. The molecule has 4 nitrogen and oxygen atoms in total. The normalized spacial score (nSPS) is 20.0. The van der Waals surface area contributed by atoms with Gasteiger partial charge in [0, 0.05) is 27.6 Å². The molecule has 1 fully saturated rings. The molecule has 0 atom stereocenters. The maximum atomic E-state index is 12.7. The summed E-state index contributed by atoms with van der Waals surface area (Å²) in [6.45, 7) is 3.21. The zero-order valence-corrected chi connectivity index (χ0v) is 15.5. The fourth-order valence-corrected chi connectivity index (χ4v) is 5.19. The zero-order valence-electron chi connectivity index (χ0n) is 11.5. The van der Waals surface area contributed by atoms with Crippen molar-refractivity contribution < 1.29 is 8.42 Å². The summed E-state index contributed by atoms with van der Waals surface area (Å²) in [6.07, 6.45) is 1.63. The summed E-state index contributed by atoms with van der Waals surface area (Å²) in [5.74, 6) is 0. The van der Waals surface area contributed by atoms with Gasteiger partial charge in [0.25, 0.3) is 0 Å². The number of nitrogens with zero attached hydrogens (tertiary/aromatic N) is 1. The monoisotopic (exact) mass is 424 g/mol. The topological polar surface area (TPSA) is 49.4 Å². The van der Waals surface area contributed by atoms with Crippen LogP contribution in [0.4, 0.5) is 0 Å². The molecule has 7 heteroatoms. The number of hydrogen-bond acceptors (Lipinski definition) is 3. The maximum absolute atomic E-state index is 12.7. The van der Waals surface area contributed by atoms with Crippen molar-refractivity contribution >= 4 is 41.9 Å². The Morgan fingerprint density at radius 3 is 2.40 bits per heavy atom. The molecule has 1 aliphatic heterocycles. The Kier molecular flexibility index (Phi) is 4.96. The first-order chi connectivity index (χ1) is 9.28. The van der Waals surface area contributed by atoms with Crippen molar-refractivity contribution in [2.75, 3.05) is 20.1 Å². The Hall–Kier alpha value is 0.0500. The molecule has 0 unspecified atom stereocenters. The summed E-state index contributed by atoms with van der Waals surface area (Å²) in [6, 6.07) is 5.21. The molecule has 0 spiro atoms. The van der Waals surface area contributed by atoms with Crippen molar-refractivity contribution in [1.29, 1.82) is 0 Å². The van der Waals surface area contributed by atoms with Gasteiger partial charge in [-0.3, -0.25) is 0 Å². The third-order valence-corrected chi connectivity index (χ3v) is 7.33. The predicted molar refractivity (Wildman–Crippen MR) is 87.3 cm³/mol. The molecule has 1 saturated heterocycles. The lowest BCUT2D eigenvalue weighted by molar-refractivity contribution is 0.219. The van der Waals surface area contributed by atoms with Crippen molar-refractivity contribution in [3.63, 3.8) is 0 Å². The third-order valence-electron chi connectivity index (χ3n) is 3.94. The van der Waals surface area contributed by atoms with E-state index in [2.05, 4.69) is 44.1 Å². The Labute approximate surface area is 137 Å². The second-order valence-electron chi connectivity index (χ2n) is 5.29. The number of piperidine rings is 1. The van der Waals surface area contributed by atoms with Gasteiger partial charge < -0.3 is 5.32 Å². The highest BCUT2D eigenvalue weighted by Crippen LogP contribution is 2.31. The summed E-state index contributed by atoms with van der Waals surface area (Å²) in [7, 11) is -1.52. The third kappa shape index (κ3) is 3.27. The highest BCUT2D eigenvalue weighted by Gasteiger charge is 2.35. The van der Waals surface area contributed by atoms with Crippen molar-refractivity contribution in [2.24, 2.45) is 0 Å². The highest BCUT2D eigenvalue weighted by atomic mass is 79.9. The van der Waals surface area contributed by atoms with Gasteiger partial charge in [0.1, 0.15) is 0 Å². The summed E-state index contributed by atoms with van der Waals surface area (Å²) in [5.41, 5.74) is 0.0283. The van der Waals surface area contributed by atoms with Crippen LogP contribution in [0.15, 0.2) is 32.0 Å². The minimum Gasteiger partial charge on any atom is -0.314 e. The van der Waals surface area contributed by atoms with Crippen LogP contribution in [0.2, 0.25) is 0 Å². The summed E-state index contributed by atoms with van der Waals surface area (Å²) >= 11 is 6.66. The number of hydrogen-bond donors (Lipinski definition) is 1. The lowest BCUT2D eigenvalue weighted by Gasteiger charge is -2.38. The second-order valence-corrected chi connectivity index (χ2v) is 8.97. The van der Waals surface area contributed by atoms with Crippen LogP contribution in [0.3, 0.4) is 0 Å². The van der Waals surface area contributed by atoms with Crippen LogP contribution >= 0.6 is 31.9 Å². The first kappa shape index (κ1) is 16.4. The molecule has 1 aliphatic rings. The van der Waals surface area contributed by atoms with E-state index < -0.39 is 10.0 Å². The van der Waals surface area contributed by atoms with Gasteiger partial charge in [-0.05, 0) is 60.9 Å². The van der Waals surface area contributed by atoms with Crippen LogP contribution in [0.25, 0.3) is 0 Å². The maximum Gasteiger partial charge on any atom is 0.244 e. The molecule has 2 rings (SSSR count). The SMILES string of the molecule is CNC1(C)CCN(S(=O)(=O)c2cc(Br)ccc2Br)CC1. The van der Waals surface area contributed by atoms with Crippen LogP contribution in [-0.2, 0) is 10.0 Å². The van der Waals surface area contributed by atoms with Crippen molar-refractivity contribution in [2.45, 2.75) is 30.2 Å². The number of sulfonamides is 1. The van der Waals surface area contributed by atoms with Crippen molar-refractivity contribution in [3.8, 4) is 0 Å². The molecule has 20 heavy (non-hydrogen) atoms. The van der Waals surface area contributed by atoms with Gasteiger partial charge in [0.2, 0.25) is 10.0 Å². The van der Waals surface area contributed by atoms with E-state index in [1.165, 1.54) is 0 Å². The molecular weight excluding hydrogens is 408 g/mol. The molecule has 1 aromatic carbocycles. The van der Waals surface area contributed by atoms with E-state index in [9.17, 15) is 8.42 Å². The predicted octanol–water partition coefficient (Wildman–Crippen LogP) is 2.97. The molecule has 0 saturated carbocycles. The first-order valence-corrected chi connectivity index (χ1v) is 9.45. The Morgan fingerprint density at radius 2 is 1.85 bits per heavy atom. The van der Waals surface area contributed by atoms with Crippen LogP contribution in [0, 0.1) is 0 Å². The van der Waals surface area contributed by atoms with Gasteiger partial charge in [0.15, 0.2) is 0 Å². The molecule has 0 amide bonds. The molecule has 0 radical (unpaired) electrons. The standard InChI is InChI=1S/C13H18Br2N2O2S/c1-13(16-2)5-7-17(8-6-13)20(18,19)12-9-10(14)3-4-11(12)15/h3-4,9,16H,5-8H2,1-2H3. The van der Waals surface area contributed by atoms with Crippen LogP contribution in [0.5, 0.6) is 0 Å². The smallest absolute Gasteiger partial charge is 0.244 e. The van der Waals surface area contributed by atoms with E-state index in [4.69, 9.17) is 0 Å². The molecular formula is C13H18Br2N2O2S. The molecule has 112 valence electrons. The van der Waals surface area contributed by atoms with E-state index >= 15 is 0 Å². The van der Waals surface area contributed by atoms with Gasteiger partial charge >= 0.3 is 0 Å². The van der Waals surface area contributed by atoms with Gasteiger partial charge in [-0.1, -0.05) is 15.9 Å². The number of halogens is 2. The lowest BCUT2D eigenvalue weighted by Crippen LogP contribution is -2.51. The van der Waals surface area contributed by atoms with E-state index in [-0.39, 0.29) is 5.54 Å². The largest absolute Gasteiger partial charge is 0.314 e. The van der Waals surface area contributed by atoms with E-state index in [0.29, 0.717) is 22.5 Å². The van der Waals surface area contributed by atoms with Crippen molar-refractivity contribution in [3.05, 3.63) is 27.1 Å². The molecule has 1 N–H and O–H groups in total. The number of benzene rings is 1. The van der Waals surface area contributed by atoms with E-state index in [0.717, 1.165) is 17.3 Å². The summed E-state index contributed by atoms with van der Waals surface area (Å²) in [4.78, 5) is 0.319. The molecule has 0 aliphatic carbocycles. The Bertz CT molecular complexity index is 596. The fourth-order valence-electron chi connectivity index (χ4n) is 2.28. The number of nitrogens with one attached hydrogen (secondary N) is 1. The quantitative estimate of drug-likeness (QED) is 0.809. The van der Waals surface area contributed by atoms with Gasteiger partial charge in [-0.15, -0.1) is 0 Å². The number of rotatable bonds is 3. The zero-order chi connectivity index (χ0) is 15.0. The van der Waals surface area contributed by atoms with Crippen LogP contribution < -0.4 is 5.32 Å². The highest BCUT2D eigenvalue weighted by molar-refractivity contribution is 9.11. The van der Waals surface area contributed by atoms with Gasteiger partial charge in [-0.25, -0.2) is 8.42 Å². The molecule has 1 heterocycles. The first-order valence-electron chi connectivity index (χ1n) is 6.43. The van der Waals surface area contributed by atoms with Crippen LogP contribution in [-0.4, -0.2) is 38.4 Å². The minimum absolute atomic E-state index is 0.0283. The Balaban J connectivity index is 2.26. The molecule has 0 bridgehead atoms. The minimum atomic E-state index is -3.44. The summed E-state index contributed by atoms with van der Waals surface area (Å²) < 4.78 is 28.4.